The molecule has 2 aromatic rings. The molecule has 2 rings (SSSR count). The van der Waals surface area contributed by atoms with Crippen LogP contribution >= 0.6 is 0 Å². The second-order valence-corrected chi connectivity index (χ2v) is 5.78. The van der Waals surface area contributed by atoms with Gasteiger partial charge in [-0.25, -0.2) is 0 Å². The van der Waals surface area contributed by atoms with Crippen LogP contribution in [0, 0.1) is 6.92 Å². The number of ether oxygens (including phenoxy) is 1. The zero-order valence-electron chi connectivity index (χ0n) is 14.7. The molecule has 0 bridgehead atoms. The second kappa shape index (κ2) is 8.18. The third-order valence-corrected chi connectivity index (χ3v) is 3.37. The van der Waals surface area contributed by atoms with Gasteiger partial charge in [0.1, 0.15) is 17.6 Å². The van der Waals surface area contributed by atoms with E-state index < -0.39 is 6.04 Å². The molecule has 0 aliphatic carbocycles. The minimum absolute atomic E-state index is 0.0182. The lowest BCUT2D eigenvalue weighted by Gasteiger charge is -2.15. The molecular weight excluding hydrogens is 324 g/mol. The summed E-state index contributed by atoms with van der Waals surface area (Å²) < 4.78 is 10.3. The van der Waals surface area contributed by atoms with Gasteiger partial charge >= 0.3 is 0 Å². The quantitative estimate of drug-likeness (QED) is 0.795. The average molecular weight is 346 g/mol. The van der Waals surface area contributed by atoms with E-state index in [-0.39, 0.29) is 18.4 Å². The van der Waals surface area contributed by atoms with Crippen molar-refractivity contribution in [2.45, 2.75) is 19.9 Å². The largest absolute Gasteiger partial charge is 0.484 e. The summed E-state index contributed by atoms with van der Waals surface area (Å²) in [6.07, 6.45) is 0. The minimum atomic E-state index is -0.473. The SMILES string of the molecule is Cc1cc(NC(=O)C(C)Nc2ccc(OCC(=O)N(C)C)cc2)no1. The lowest BCUT2D eigenvalue weighted by molar-refractivity contribution is -0.130. The smallest absolute Gasteiger partial charge is 0.259 e. The van der Waals surface area contributed by atoms with Crippen molar-refractivity contribution in [2.75, 3.05) is 31.3 Å². The van der Waals surface area contributed by atoms with E-state index >= 15 is 0 Å². The van der Waals surface area contributed by atoms with Crippen molar-refractivity contribution in [3.63, 3.8) is 0 Å². The molecule has 0 fully saturated rings. The van der Waals surface area contributed by atoms with Crippen molar-refractivity contribution in [3.8, 4) is 5.75 Å². The summed E-state index contributed by atoms with van der Waals surface area (Å²) in [4.78, 5) is 25.1. The molecule has 1 aromatic carbocycles. The van der Waals surface area contributed by atoms with Crippen LogP contribution in [0.4, 0.5) is 11.5 Å². The lowest BCUT2D eigenvalue weighted by atomic mass is 10.2. The number of benzene rings is 1. The van der Waals surface area contributed by atoms with Crippen LogP contribution in [0.15, 0.2) is 34.9 Å². The van der Waals surface area contributed by atoms with Crippen LogP contribution in [0.5, 0.6) is 5.75 Å². The number of aryl methyl sites for hydroxylation is 1. The van der Waals surface area contributed by atoms with E-state index in [4.69, 9.17) is 9.26 Å². The normalized spacial score (nSPS) is 11.5. The Morgan fingerprint density at radius 2 is 1.96 bits per heavy atom. The van der Waals surface area contributed by atoms with Crippen molar-refractivity contribution in [2.24, 2.45) is 0 Å². The van der Waals surface area contributed by atoms with Crippen LogP contribution in [-0.4, -0.2) is 48.6 Å². The summed E-state index contributed by atoms with van der Waals surface area (Å²) in [6.45, 7) is 3.47. The molecule has 8 heteroatoms. The number of rotatable bonds is 7. The van der Waals surface area contributed by atoms with Gasteiger partial charge in [0, 0.05) is 25.8 Å². The minimum Gasteiger partial charge on any atom is -0.484 e. The van der Waals surface area contributed by atoms with E-state index in [0.29, 0.717) is 17.3 Å². The van der Waals surface area contributed by atoms with Crippen molar-refractivity contribution in [3.05, 3.63) is 36.1 Å². The van der Waals surface area contributed by atoms with Gasteiger partial charge in [-0.1, -0.05) is 5.16 Å². The molecule has 0 saturated carbocycles. The molecule has 2 amide bonds. The first-order valence-corrected chi connectivity index (χ1v) is 7.79. The van der Waals surface area contributed by atoms with E-state index in [9.17, 15) is 9.59 Å². The number of nitrogens with one attached hydrogen (secondary N) is 2. The highest BCUT2D eigenvalue weighted by Crippen LogP contribution is 2.17. The van der Waals surface area contributed by atoms with Gasteiger partial charge in [-0.15, -0.1) is 0 Å². The van der Waals surface area contributed by atoms with Crippen LogP contribution in [-0.2, 0) is 9.59 Å². The van der Waals surface area contributed by atoms with Crippen LogP contribution in [0.2, 0.25) is 0 Å². The molecule has 0 aliphatic rings. The molecule has 1 unspecified atom stereocenters. The van der Waals surface area contributed by atoms with Crippen molar-refractivity contribution >= 4 is 23.3 Å². The Hall–Kier alpha value is -3.03. The predicted octanol–water partition coefficient (Wildman–Crippen LogP) is 1.89. The molecule has 2 N–H and O–H groups in total. The molecule has 0 radical (unpaired) electrons. The molecule has 0 aliphatic heterocycles. The van der Waals surface area contributed by atoms with Gasteiger partial charge in [0.2, 0.25) is 5.91 Å². The third kappa shape index (κ3) is 5.52. The van der Waals surface area contributed by atoms with E-state index in [2.05, 4.69) is 15.8 Å². The number of carbonyl (C=O) groups is 2. The van der Waals surface area contributed by atoms with Crippen molar-refractivity contribution in [1.29, 1.82) is 0 Å². The van der Waals surface area contributed by atoms with Crippen LogP contribution in [0.3, 0.4) is 0 Å². The van der Waals surface area contributed by atoms with Gasteiger partial charge in [0.25, 0.3) is 5.91 Å². The number of amides is 2. The van der Waals surface area contributed by atoms with Gasteiger partial charge in [-0.3, -0.25) is 9.59 Å². The summed E-state index contributed by atoms with van der Waals surface area (Å²) in [5.74, 6) is 1.24. The molecule has 1 atom stereocenters. The maximum atomic E-state index is 12.1. The summed E-state index contributed by atoms with van der Waals surface area (Å²) in [5, 5.41) is 9.46. The van der Waals surface area contributed by atoms with Gasteiger partial charge < -0.3 is 24.8 Å². The number of carbonyl (C=O) groups excluding carboxylic acids is 2. The zero-order chi connectivity index (χ0) is 18.4. The molecule has 8 nitrogen and oxygen atoms in total. The standard InChI is InChI=1S/C17H22N4O4/c1-11-9-15(20-25-11)19-17(23)12(2)18-13-5-7-14(8-6-13)24-10-16(22)21(3)4/h5-9,12,18H,10H2,1-4H3,(H,19,20,23). The van der Waals surface area contributed by atoms with Crippen molar-refractivity contribution < 1.29 is 18.8 Å². The molecule has 1 aromatic heterocycles. The van der Waals surface area contributed by atoms with E-state index in [1.54, 1.807) is 58.3 Å². The second-order valence-electron chi connectivity index (χ2n) is 5.78. The number of anilines is 2. The molecular formula is C17H22N4O4. The fourth-order valence-corrected chi connectivity index (χ4v) is 1.90. The van der Waals surface area contributed by atoms with E-state index in [0.717, 1.165) is 5.69 Å². The fraction of sp³-hybridized carbons (Fsp3) is 0.353. The Morgan fingerprint density at radius 3 is 2.52 bits per heavy atom. The average Bonchev–Trinajstić information content (AvgIpc) is 2.98. The third-order valence-electron chi connectivity index (χ3n) is 3.37. The van der Waals surface area contributed by atoms with Gasteiger partial charge in [0.15, 0.2) is 12.4 Å². The Kier molecular flexibility index (Phi) is 5.99. The lowest BCUT2D eigenvalue weighted by Crippen LogP contribution is -2.31. The number of likely N-dealkylation sites (N-methyl/N-ethyl adjacent to an activating group) is 1. The molecule has 25 heavy (non-hydrogen) atoms. The molecule has 1 heterocycles. The van der Waals surface area contributed by atoms with Gasteiger partial charge in [-0.2, -0.15) is 0 Å². The van der Waals surface area contributed by atoms with Crippen LogP contribution < -0.4 is 15.4 Å². The topological polar surface area (TPSA) is 96.7 Å². The Bertz CT molecular complexity index is 725. The Labute approximate surface area is 146 Å². The molecule has 0 spiro atoms. The predicted molar refractivity (Wildman–Crippen MR) is 93.6 cm³/mol. The summed E-state index contributed by atoms with van der Waals surface area (Å²) in [5.41, 5.74) is 0.755. The molecule has 0 saturated heterocycles. The monoisotopic (exact) mass is 346 g/mol. The number of hydrogen-bond acceptors (Lipinski definition) is 6. The number of nitrogens with zero attached hydrogens (tertiary/aromatic N) is 2. The number of aromatic nitrogens is 1. The Balaban J connectivity index is 1.85. The highest BCUT2D eigenvalue weighted by molar-refractivity contribution is 5.95. The maximum absolute atomic E-state index is 12.1. The first kappa shape index (κ1) is 18.3. The Morgan fingerprint density at radius 1 is 1.28 bits per heavy atom. The summed E-state index contributed by atoms with van der Waals surface area (Å²) >= 11 is 0. The maximum Gasteiger partial charge on any atom is 0.259 e. The van der Waals surface area contributed by atoms with Gasteiger partial charge in [-0.05, 0) is 38.1 Å². The zero-order valence-corrected chi connectivity index (χ0v) is 14.7. The van der Waals surface area contributed by atoms with Crippen LogP contribution in [0.25, 0.3) is 0 Å². The first-order valence-electron chi connectivity index (χ1n) is 7.79. The number of hydrogen-bond donors (Lipinski definition) is 2. The fourth-order valence-electron chi connectivity index (χ4n) is 1.90. The van der Waals surface area contributed by atoms with E-state index in [1.807, 2.05) is 0 Å². The molecule has 134 valence electrons. The first-order chi connectivity index (χ1) is 11.8. The van der Waals surface area contributed by atoms with Crippen LogP contribution in [0.1, 0.15) is 12.7 Å². The highest BCUT2D eigenvalue weighted by Gasteiger charge is 2.14. The van der Waals surface area contributed by atoms with E-state index in [1.165, 1.54) is 4.90 Å². The summed E-state index contributed by atoms with van der Waals surface area (Å²) in [7, 11) is 3.34. The van der Waals surface area contributed by atoms with Gasteiger partial charge in [0.05, 0.1) is 0 Å². The highest BCUT2D eigenvalue weighted by atomic mass is 16.5. The summed E-state index contributed by atoms with van der Waals surface area (Å²) in [6, 6.07) is 8.19. The van der Waals surface area contributed by atoms with Crippen molar-refractivity contribution in [1.82, 2.24) is 10.1 Å².